The monoisotopic (exact) mass is 582 g/mol. The normalized spacial score (nSPS) is 12.5. The highest BCUT2D eigenvalue weighted by Crippen LogP contribution is 2.49. The van der Waals surface area contributed by atoms with E-state index >= 15 is 0 Å². The minimum atomic E-state index is 0.306. The lowest BCUT2D eigenvalue weighted by Crippen LogP contribution is -1.92. The molecule has 0 bridgehead atoms. The van der Waals surface area contributed by atoms with E-state index in [0.717, 1.165) is 11.3 Å². The van der Waals surface area contributed by atoms with Gasteiger partial charge in [-0.1, -0.05) is 105 Å². The van der Waals surface area contributed by atoms with Gasteiger partial charge >= 0.3 is 0 Å². The van der Waals surface area contributed by atoms with E-state index in [1.807, 2.05) is 11.3 Å². The number of benzene rings is 7. The fraction of sp³-hybridized carbons (Fsp3) is 0.0952. The second kappa shape index (κ2) is 9.54. The van der Waals surface area contributed by atoms with Gasteiger partial charge in [0.1, 0.15) is 11.3 Å². The zero-order chi connectivity index (χ0) is 29.5. The predicted octanol–water partition coefficient (Wildman–Crippen LogP) is 13.2. The zero-order valence-electron chi connectivity index (χ0n) is 24.9. The Morgan fingerprint density at radius 2 is 1.25 bits per heavy atom. The molecular weight excluding hydrogens is 553 g/mol. The largest absolute Gasteiger partial charge is 0.460 e. The molecule has 0 saturated heterocycles. The Hall–Kier alpha value is -4.92. The Bertz CT molecular complexity index is 2530. The molecule has 9 aromatic rings. The molecule has 2 heterocycles. The Morgan fingerprint density at radius 1 is 0.614 bits per heavy atom. The zero-order valence-corrected chi connectivity index (χ0v) is 25.8. The van der Waals surface area contributed by atoms with Crippen LogP contribution in [-0.2, 0) is 0 Å². The third-order valence-corrected chi connectivity index (χ3v) is 10.4. The lowest BCUT2D eigenvalue weighted by atomic mass is 9.83. The SMILES string of the molecule is C/C=C\c1c(C(C)C)oc2ccc(-c3c4ccccc4c(-c4cc5cccc6sc7cccc4c7c56)c4ccccc34)cc12. The molecule has 210 valence electrons. The van der Waals surface area contributed by atoms with Gasteiger partial charge in [-0.3, -0.25) is 0 Å². The standard InChI is InChI=1S/C42H30OS/c1-4-11-32-33-22-26(20-21-35(33)43-42(32)24(2)3)38-27-13-5-7-15-29(27)40(30-16-8-6-14-28(30)38)34-23-25-12-9-18-36-39(25)41-31(34)17-10-19-37(41)44-36/h4-24H,1-3H3/b11-4-. The van der Waals surface area contributed by atoms with Crippen LogP contribution < -0.4 is 0 Å². The topological polar surface area (TPSA) is 13.1 Å². The summed E-state index contributed by atoms with van der Waals surface area (Å²) < 4.78 is 9.11. The molecule has 2 aromatic heterocycles. The summed E-state index contributed by atoms with van der Waals surface area (Å²) in [6.07, 6.45) is 4.31. The van der Waals surface area contributed by atoms with Crippen molar-refractivity contribution < 1.29 is 4.42 Å². The first kappa shape index (κ1) is 25.6. The first-order valence-electron chi connectivity index (χ1n) is 15.4. The Balaban J connectivity index is 1.41. The minimum Gasteiger partial charge on any atom is -0.460 e. The molecule has 7 aromatic carbocycles. The van der Waals surface area contributed by atoms with Crippen molar-refractivity contribution in [3.63, 3.8) is 0 Å². The first-order chi connectivity index (χ1) is 21.6. The summed E-state index contributed by atoms with van der Waals surface area (Å²) in [5, 5.41) is 11.7. The highest BCUT2D eigenvalue weighted by atomic mass is 32.1. The van der Waals surface area contributed by atoms with Gasteiger partial charge in [-0.25, -0.2) is 0 Å². The molecule has 0 aliphatic heterocycles. The van der Waals surface area contributed by atoms with Gasteiger partial charge in [0, 0.05) is 37.0 Å². The fourth-order valence-corrected chi connectivity index (χ4v) is 8.63. The molecule has 0 saturated carbocycles. The fourth-order valence-electron chi connectivity index (χ4n) is 7.47. The van der Waals surface area contributed by atoms with Crippen molar-refractivity contribution in [3.8, 4) is 22.3 Å². The van der Waals surface area contributed by atoms with Crippen LogP contribution in [0.1, 0.15) is 38.0 Å². The molecule has 0 aliphatic rings. The maximum absolute atomic E-state index is 6.39. The lowest BCUT2D eigenvalue weighted by molar-refractivity contribution is 0.520. The van der Waals surface area contributed by atoms with Crippen molar-refractivity contribution in [2.75, 3.05) is 0 Å². The maximum Gasteiger partial charge on any atom is 0.134 e. The summed E-state index contributed by atoms with van der Waals surface area (Å²) in [6.45, 7) is 6.48. The smallest absolute Gasteiger partial charge is 0.134 e. The maximum atomic E-state index is 6.39. The molecule has 0 unspecified atom stereocenters. The number of furan rings is 1. The summed E-state index contributed by atoms with van der Waals surface area (Å²) in [5.74, 6) is 1.35. The number of allylic oxidation sites excluding steroid dienone is 1. The van der Waals surface area contributed by atoms with Crippen LogP contribution in [0.3, 0.4) is 0 Å². The van der Waals surface area contributed by atoms with Crippen LogP contribution in [0.5, 0.6) is 0 Å². The Kier molecular flexibility index (Phi) is 5.54. The van der Waals surface area contributed by atoms with Crippen molar-refractivity contribution in [2.24, 2.45) is 0 Å². The van der Waals surface area contributed by atoms with Gasteiger partial charge in [-0.2, -0.15) is 0 Å². The van der Waals surface area contributed by atoms with Crippen molar-refractivity contribution in [1.29, 1.82) is 0 Å². The molecule has 44 heavy (non-hydrogen) atoms. The van der Waals surface area contributed by atoms with Gasteiger partial charge in [-0.15, -0.1) is 11.3 Å². The van der Waals surface area contributed by atoms with Crippen molar-refractivity contribution in [2.45, 2.75) is 26.7 Å². The molecular formula is C42H30OS. The summed E-state index contributed by atoms with van der Waals surface area (Å²) in [7, 11) is 0. The molecule has 0 radical (unpaired) electrons. The van der Waals surface area contributed by atoms with Gasteiger partial charge in [0.15, 0.2) is 0 Å². The van der Waals surface area contributed by atoms with Gasteiger partial charge in [0.05, 0.1) is 0 Å². The van der Waals surface area contributed by atoms with Crippen molar-refractivity contribution in [1.82, 2.24) is 0 Å². The first-order valence-corrected chi connectivity index (χ1v) is 16.2. The summed E-state index contributed by atoms with van der Waals surface area (Å²) in [4.78, 5) is 0. The summed E-state index contributed by atoms with van der Waals surface area (Å²) >= 11 is 1.90. The van der Waals surface area contributed by atoms with Crippen LogP contribution in [0.15, 0.2) is 120 Å². The molecule has 0 aliphatic carbocycles. The van der Waals surface area contributed by atoms with Gasteiger partial charge in [0.2, 0.25) is 0 Å². The summed E-state index contributed by atoms with van der Waals surface area (Å²) in [6, 6.07) is 40.6. The second-order valence-electron chi connectivity index (χ2n) is 12.1. The van der Waals surface area contributed by atoms with Crippen molar-refractivity contribution >= 4 is 80.9 Å². The number of rotatable bonds is 4. The van der Waals surface area contributed by atoms with E-state index in [1.165, 1.54) is 85.7 Å². The van der Waals surface area contributed by atoms with Gasteiger partial charge < -0.3 is 4.42 Å². The third kappa shape index (κ3) is 3.52. The Labute approximate surface area is 260 Å². The highest BCUT2D eigenvalue weighted by molar-refractivity contribution is 7.26. The van der Waals surface area contributed by atoms with E-state index in [2.05, 4.69) is 142 Å². The number of thiophene rings is 1. The van der Waals surface area contributed by atoms with E-state index < -0.39 is 0 Å². The van der Waals surface area contributed by atoms with Gasteiger partial charge in [-0.05, 0) is 91.8 Å². The molecule has 0 fully saturated rings. The van der Waals surface area contributed by atoms with E-state index in [9.17, 15) is 0 Å². The van der Waals surface area contributed by atoms with E-state index in [0.29, 0.717) is 5.92 Å². The predicted molar refractivity (Wildman–Crippen MR) is 192 cm³/mol. The van der Waals surface area contributed by atoms with E-state index in [-0.39, 0.29) is 0 Å². The van der Waals surface area contributed by atoms with Crippen LogP contribution in [0.2, 0.25) is 0 Å². The molecule has 9 rings (SSSR count). The average Bonchev–Trinajstić information content (AvgIpc) is 3.62. The highest BCUT2D eigenvalue weighted by Gasteiger charge is 2.22. The van der Waals surface area contributed by atoms with Gasteiger partial charge in [0.25, 0.3) is 0 Å². The van der Waals surface area contributed by atoms with Crippen LogP contribution in [0.25, 0.3) is 91.8 Å². The molecule has 0 atom stereocenters. The van der Waals surface area contributed by atoms with E-state index in [1.54, 1.807) is 0 Å². The number of hydrogen-bond donors (Lipinski definition) is 0. The quantitative estimate of drug-likeness (QED) is 0.149. The molecule has 1 nitrogen and oxygen atoms in total. The molecule has 0 N–H and O–H groups in total. The summed E-state index contributed by atoms with van der Waals surface area (Å²) in [5.41, 5.74) is 7.22. The molecule has 0 spiro atoms. The number of hydrogen-bond acceptors (Lipinski definition) is 2. The third-order valence-electron chi connectivity index (χ3n) is 9.25. The van der Waals surface area contributed by atoms with Crippen LogP contribution in [0.4, 0.5) is 0 Å². The Morgan fingerprint density at radius 3 is 1.93 bits per heavy atom. The minimum absolute atomic E-state index is 0.306. The number of fused-ring (bicyclic) bond motifs is 3. The average molecular weight is 583 g/mol. The van der Waals surface area contributed by atoms with Crippen LogP contribution in [0, 0.1) is 0 Å². The molecule has 0 amide bonds. The molecule has 2 heteroatoms. The van der Waals surface area contributed by atoms with Crippen LogP contribution >= 0.6 is 11.3 Å². The lowest BCUT2D eigenvalue weighted by Gasteiger charge is -2.19. The van der Waals surface area contributed by atoms with Crippen molar-refractivity contribution in [3.05, 3.63) is 127 Å². The van der Waals surface area contributed by atoms with E-state index in [4.69, 9.17) is 4.42 Å². The van der Waals surface area contributed by atoms with Crippen LogP contribution in [-0.4, -0.2) is 0 Å². The second-order valence-corrected chi connectivity index (χ2v) is 13.2.